The fourth-order valence-corrected chi connectivity index (χ4v) is 2.97. The van der Waals surface area contributed by atoms with E-state index in [-0.39, 0.29) is 0 Å². The van der Waals surface area contributed by atoms with Gasteiger partial charge in [-0.2, -0.15) is 0 Å². The van der Waals surface area contributed by atoms with Crippen molar-refractivity contribution in [3.63, 3.8) is 0 Å². The Bertz CT molecular complexity index is 435. The van der Waals surface area contributed by atoms with E-state index in [1.807, 2.05) is 12.1 Å². The normalized spacial score (nSPS) is 19.3. The van der Waals surface area contributed by atoms with E-state index in [0.717, 1.165) is 31.2 Å². The third kappa shape index (κ3) is 3.95. The second kappa shape index (κ2) is 5.93. The largest absolute Gasteiger partial charge is 0.481 e. The fraction of sp³-hybridized carbons (Fsp3) is 0.533. The molecule has 0 amide bonds. The zero-order chi connectivity index (χ0) is 13.9. The number of aliphatic carboxylic acids is 1. The van der Waals surface area contributed by atoms with Crippen LogP contribution in [0.1, 0.15) is 37.7 Å². The van der Waals surface area contributed by atoms with Gasteiger partial charge in [0.15, 0.2) is 0 Å². The van der Waals surface area contributed by atoms with Crippen molar-refractivity contribution in [3.8, 4) is 0 Å². The summed E-state index contributed by atoms with van der Waals surface area (Å²) in [5, 5.41) is 20.3. The second-order valence-electron chi connectivity index (χ2n) is 5.50. The van der Waals surface area contributed by atoms with Crippen molar-refractivity contribution in [2.75, 3.05) is 0 Å². The molecule has 0 aliphatic heterocycles. The van der Waals surface area contributed by atoms with Crippen LogP contribution in [0.3, 0.4) is 0 Å². The molecule has 2 N–H and O–H groups in total. The molecule has 1 aromatic rings. The molecule has 0 aromatic heterocycles. The van der Waals surface area contributed by atoms with Crippen LogP contribution in [-0.4, -0.2) is 21.8 Å². The van der Waals surface area contributed by atoms with Crippen LogP contribution >= 0.6 is 11.6 Å². The summed E-state index contributed by atoms with van der Waals surface area (Å²) < 4.78 is 0. The molecule has 1 aliphatic rings. The highest BCUT2D eigenvalue weighted by Crippen LogP contribution is 2.35. The van der Waals surface area contributed by atoms with Crippen molar-refractivity contribution < 1.29 is 15.0 Å². The predicted octanol–water partition coefficient (Wildman–Crippen LogP) is 3.28. The molecule has 2 rings (SSSR count). The number of carboxylic acids is 1. The summed E-state index contributed by atoms with van der Waals surface area (Å²) in [5.41, 5.74) is 0.161. The standard InChI is InChI=1S/C15H19ClO3/c16-13-5-3-11(4-6-13)9-12(14(17)18)10-15(19)7-1-2-8-15/h3-6,12,19H,1-2,7-10H2,(H,17,18). The van der Waals surface area contributed by atoms with Crippen LogP contribution in [0, 0.1) is 5.92 Å². The number of hydrogen-bond acceptors (Lipinski definition) is 2. The molecule has 0 heterocycles. The molecule has 19 heavy (non-hydrogen) atoms. The molecule has 1 aliphatic carbocycles. The molecule has 1 saturated carbocycles. The number of rotatable bonds is 5. The highest BCUT2D eigenvalue weighted by Gasteiger charge is 2.36. The van der Waals surface area contributed by atoms with Crippen molar-refractivity contribution in [2.24, 2.45) is 5.92 Å². The van der Waals surface area contributed by atoms with E-state index in [2.05, 4.69) is 0 Å². The maximum Gasteiger partial charge on any atom is 0.306 e. The van der Waals surface area contributed by atoms with E-state index < -0.39 is 17.5 Å². The molecule has 0 spiro atoms. The number of hydrogen-bond donors (Lipinski definition) is 2. The van der Waals surface area contributed by atoms with Crippen LogP contribution in [0.25, 0.3) is 0 Å². The Morgan fingerprint density at radius 1 is 1.26 bits per heavy atom. The van der Waals surface area contributed by atoms with E-state index in [9.17, 15) is 15.0 Å². The molecule has 0 bridgehead atoms. The van der Waals surface area contributed by atoms with Gasteiger partial charge in [0.2, 0.25) is 0 Å². The minimum Gasteiger partial charge on any atom is -0.481 e. The van der Waals surface area contributed by atoms with Gasteiger partial charge in [-0.3, -0.25) is 4.79 Å². The molecular weight excluding hydrogens is 264 g/mol. The van der Waals surface area contributed by atoms with Gasteiger partial charge < -0.3 is 10.2 Å². The number of carbonyl (C=O) groups is 1. The first-order valence-corrected chi connectivity index (χ1v) is 7.06. The summed E-state index contributed by atoms with van der Waals surface area (Å²) >= 11 is 5.81. The third-order valence-electron chi connectivity index (χ3n) is 3.91. The summed E-state index contributed by atoms with van der Waals surface area (Å²) in [7, 11) is 0. The zero-order valence-corrected chi connectivity index (χ0v) is 11.6. The van der Waals surface area contributed by atoms with Gasteiger partial charge in [-0.05, 0) is 43.4 Å². The van der Waals surface area contributed by atoms with E-state index >= 15 is 0 Å². The Morgan fingerprint density at radius 3 is 2.37 bits per heavy atom. The van der Waals surface area contributed by atoms with Crippen LogP contribution in [0.5, 0.6) is 0 Å². The molecule has 1 unspecified atom stereocenters. The van der Waals surface area contributed by atoms with E-state index in [0.29, 0.717) is 17.9 Å². The van der Waals surface area contributed by atoms with E-state index in [1.165, 1.54) is 0 Å². The maximum atomic E-state index is 11.4. The molecular formula is C15H19ClO3. The minimum atomic E-state index is -0.838. The summed E-state index contributed by atoms with van der Waals surface area (Å²) in [6.45, 7) is 0. The predicted molar refractivity (Wildman–Crippen MR) is 74.3 cm³/mol. The van der Waals surface area contributed by atoms with Gasteiger partial charge in [0.1, 0.15) is 0 Å². The molecule has 1 fully saturated rings. The molecule has 3 nitrogen and oxygen atoms in total. The van der Waals surface area contributed by atoms with Gasteiger partial charge in [0.25, 0.3) is 0 Å². The molecule has 104 valence electrons. The van der Waals surface area contributed by atoms with Crippen LogP contribution < -0.4 is 0 Å². The minimum absolute atomic E-state index is 0.338. The van der Waals surface area contributed by atoms with Crippen LogP contribution in [0.2, 0.25) is 5.02 Å². The summed E-state index contributed by atoms with van der Waals surface area (Å²) in [4.78, 5) is 11.4. The smallest absolute Gasteiger partial charge is 0.306 e. The van der Waals surface area contributed by atoms with Crippen molar-refractivity contribution in [3.05, 3.63) is 34.9 Å². The average Bonchev–Trinajstić information content (AvgIpc) is 2.78. The summed E-state index contributed by atoms with van der Waals surface area (Å²) in [6, 6.07) is 7.22. The average molecular weight is 283 g/mol. The first-order valence-electron chi connectivity index (χ1n) is 6.68. The van der Waals surface area contributed by atoms with Gasteiger partial charge in [0, 0.05) is 5.02 Å². The van der Waals surface area contributed by atoms with Gasteiger partial charge in [-0.25, -0.2) is 0 Å². The highest BCUT2D eigenvalue weighted by atomic mass is 35.5. The quantitative estimate of drug-likeness (QED) is 0.871. The lowest BCUT2D eigenvalue weighted by atomic mass is 9.85. The Hall–Kier alpha value is -1.06. The lowest BCUT2D eigenvalue weighted by Crippen LogP contribution is -2.32. The van der Waals surface area contributed by atoms with Crippen molar-refractivity contribution >= 4 is 17.6 Å². The van der Waals surface area contributed by atoms with Gasteiger partial charge in [-0.15, -0.1) is 0 Å². The van der Waals surface area contributed by atoms with Crippen LogP contribution in [0.15, 0.2) is 24.3 Å². The number of carboxylic acid groups (broad SMARTS) is 1. The number of halogens is 1. The Labute approximate surface area is 118 Å². The first kappa shape index (κ1) is 14.4. The maximum absolute atomic E-state index is 11.4. The Balaban J connectivity index is 2.04. The summed E-state index contributed by atoms with van der Waals surface area (Å²) in [5.74, 6) is -1.38. The summed E-state index contributed by atoms with van der Waals surface area (Å²) in [6.07, 6.45) is 4.20. The van der Waals surface area contributed by atoms with E-state index in [1.54, 1.807) is 12.1 Å². The SMILES string of the molecule is O=C(O)C(Cc1ccc(Cl)cc1)CC1(O)CCCC1. The second-order valence-corrected chi connectivity index (χ2v) is 5.94. The van der Waals surface area contributed by atoms with Crippen LogP contribution in [-0.2, 0) is 11.2 Å². The topological polar surface area (TPSA) is 57.5 Å². The lowest BCUT2D eigenvalue weighted by molar-refractivity contribution is -0.144. The number of aliphatic hydroxyl groups is 1. The Kier molecular flexibility index (Phi) is 4.48. The van der Waals surface area contributed by atoms with Crippen LogP contribution in [0.4, 0.5) is 0 Å². The molecule has 0 saturated heterocycles. The monoisotopic (exact) mass is 282 g/mol. The van der Waals surface area contributed by atoms with Gasteiger partial charge in [-0.1, -0.05) is 36.6 Å². The highest BCUT2D eigenvalue weighted by molar-refractivity contribution is 6.30. The fourth-order valence-electron chi connectivity index (χ4n) is 2.85. The molecule has 4 heteroatoms. The molecule has 1 atom stereocenters. The third-order valence-corrected chi connectivity index (χ3v) is 4.16. The van der Waals surface area contributed by atoms with Gasteiger partial charge in [0.05, 0.1) is 11.5 Å². The van der Waals surface area contributed by atoms with Crippen molar-refractivity contribution in [2.45, 2.75) is 44.1 Å². The lowest BCUT2D eigenvalue weighted by Gasteiger charge is -2.26. The van der Waals surface area contributed by atoms with Gasteiger partial charge >= 0.3 is 5.97 Å². The van der Waals surface area contributed by atoms with Crippen molar-refractivity contribution in [1.82, 2.24) is 0 Å². The van der Waals surface area contributed by atoms with Crippen molar-refractivity contribution in [1.29, 1.82) is 0 Å². The first-order chi connectivity index (χ1) is 8.98. The molecule has 0 radical (unpaired) electrons. The Morgan fingerprint density at radius 2 is 1.84 bits per heavy atom. The van der Waals surface area contributed by atoms with E-state index in [4.69, 9.17) is 11.6 Å². The number of benzene rings is 1. The zero-order valence-electron chi connectivity index (χ0n) is 10.8. The molecule has 1 aromatic carbocycles.